The summed E-state index contributed by atoms with van der Waals surface area (Å²) >= 11 is 0. The molecule has 0 heterocycles. The van der Waals surface area contributed by atoms with E-state index in [9.17, 15) is 0 Å². The van der Waals surface area contributed by atoms with Crippen LogP contribution in [0.25, 0.3) is 0 Å². The lowest BCUT2D eigenvalue weighted by Gasteiger charge is -2.08. The third-order valence-electron chi connectivity index (χ3n) is 2.99. The zero-order chi connectivity index (χ0) is 10.8. The number of unbranched alkanes of at least 4 members (excludes halogenated alkanes) is 1. The van der Waals surface area contributed by atoms with Gasteiger partial charge < -0.3 is 0 Å². The Labute approximate surface area is 90.8 Å². The Morgan fingerprint density at radius 3 is 2.36 bits per heavy atom. The zero-order valence-electron chi connectivity index (χ0n) is 10.6. The van der Waals surface area contributed by atoms with Gasteiger partial charge in [-0.1, -0.05) is 65.5 Å². The molecule has 0 fully saturated rings. The van der Waals surface area contributed by atoms with Gasteiger partial charge >= 0.3 is 0 Å². The topological polar surface area (TPSA) is 0 Å². The van der Waals surface area contributed by atoms with E-state index < -0.39 is 0 Å². The van der Waals surface area contributed by atoms with E-state index in [-0.39, 0.29) is 0 Å². The van der Waals surface area contributed by atoms with Crippen LogP contribution in [0.5, 0.6) is 0 Å². The summed E-state index contributed by atoms with van der Waals surface area (Å²) in [4.78, 5) is 0. The first kappa shape index (κ1) is 13.7. The van der Waals surface area contributed by atoms with Gasteiger partial charge in [0.1, 0.15) is 0 Å². The van der Waals surface area contributed by atoms with Crippen molar-refractivity contribution in [2.75, 3.05) is 0 Å². The van der Waals surface area contributed by atoms with Crippen LogP contribution in [0, 0.1) is 11.8 Å². The monoisotopic (exact) mass is 196 g/mol. The van der Waals surface area contributed by atoms with Crippen molar-refractivity contribution in [3.05, 3.63) is 12.2 Å². The molecule has 0 amide bonds. The molecule has 0 nitrogen and oxygen atoms in total. The molecule has 2 unspecified atom stereocenters. The minimum absolute atomic E-state index is 0.765. The Bertz CT molecular complexity index is 135. The van der Waals surface area contributed by atoms with Crippen molar-refractivity contribution >= 4 is 0 Å². The van der Waals surface area contributed by atoms with Crippen molar-refractivity contribution in [1.82, 2.24) is 0 Å². The predicted octanol–water partition coefficient (Wildman–Crippen LogP) is 5.20. The van der Waals surface area contributed by atoms with Crippen molar-refractivity contribution < 1.29 is 0 Å². The molecule has 0 aromatic carbocycles. The molecule has 0 aliphatic rings. The van der Waals surface area contributed by atoms with Crippen molar-refractivity contribution in [1.29, 1.82) is 0 Å². The Morgan fingerprint density at radius 2 is 1.79 bits per heavy atom. The highest BCUT2D eigenvalue weighted by Gasteiger charge is 1.99. The summed E-state index contributed by atoms with van der Waals surface area (Å²) in [7, 11) is 0. The van der Waals surface area contributed by atoms with Crippen LogP contribution < -0.4 is 0 Å². The van der Waals surface area contributed by atoms with Gasteiger partial charge in [0.15, 0.2) is 0 Å². The third-order valence-corrected chi connectivity index (χ3v) is 2.99. The minimum Gasteiger partial charge on any atom is -0.0883 e. The van der Waals surface area contributed by atoms with Crippen LogP contribution >= 0.6 is 0 Å². The summed E-state index contributed by atoms with van der Waals surface area (Å²) in [5.41, 5.74) is 0. The second kappa shape index (κ2) is 9.30. The van der Waals surface area contributed by atoms with Gasteiger partial charge in [0.2, 0.25) is 0 Å². The van der Waals surface area contributed by atoms with E-state index in [2.05, 4.69) is 39.8 Å². The maximum absolute atomic E-state index is 2.38. The Morgan fingerprint density at radius 1 is 1.07 bits per heavy atom. The van der Waals surface area contributed by atoms with Gasteiger partial charge in [-0.05, 0) is 24.7 Å². The number of hydrogen-bond donors (Lipinski definition) is 0. The maximum Gasteiger partial charge on any atom is -0.0265 e. The van der Waals surface area contributed by atoms with Gasteiger partial charge in [0, 0.05) is 0 Å². The molecule has 0 aliphatic carbocycles. The number of hydrogen-bond acceptors (Lipinski definition) is 0. The molecule has 0 spiro atoms. The van der Waals surface area contributed by atoms with E-state index in [0.29, 0.717) is 0 Å². The Balaban J connectivity index is 3.38. The van der Waals surface area contributed by atoms with Crippen LogP contribution in [0.3, 0.4) is 0 Å². The summed E-state index contributed by atoms with van der Waals surface area (Å²) in [6.45, 7) is 9.19. The predicted molar refractivity (Wildman–Crippen MR) is 66.5 cm³/mol. The van der Waals surface area contributed by atoms with Crippen molar-refractivity contribution in [2.45, 2.75) is 66.2 Å². The lowest BCUT2D eigenvalue weighted by molar-refractivity contribution is 0.475. The van der Waals surface area contributed by atoms with E-state index in [0.717, 1.165) is 11.8 Å². The molecule has 84 valence electrons. The van der Waals surface area contributed by atoms with Crippen LogP contribution in [0.2, 0.25) is 0 Å². The fourth-order valence-electron chi connectivity index (χ4n) is 1.54. The first-order valence-corrected chi connectivity index (χ1v) is 6.37. The zero-order valence-corrected chi connectivity index (χ0v) is 10.6. The number of allylic oxidation sites excluding steroid dienone is 2. The van der Waals surface area contributed by atoms with Crippen LogP contribution in [0.1, 0.15) is 66.2 Å². The van der Waals surface area contributed by atoms with E-state index >= 15 is 0 Å². The quantitative estimate of drug-likeness (QED) is 0.468. The Kier molecular flexibility index (Phi) is 9.13. The lowest BCUT2D eigenvalue weighted by Crippen LogP contribution is -1.93. The summed E-state index contributed by atoms with van der Waals surface area (Å²) < 4.78 is 0. The molecule has 0 aromatic heterocycles. The van der Waals surface area contributed by atoms with Gasteiger partial charge in [-0.25, -0.2) is 0 Å². The summed E-state index contributed by atoms with van der Waals surface area (Å²) in [6.07, 6.45) is 12.8. The van der Waals surface area contributed by atoms with E-state index in [4.69, 9.17) is 0 Å². The average Bonchev–Trinajstić information content (AvgIpc) is 2.21. The highest BCUT2D eigenvalue weighted by molar-refractivity contribution is 4.85. The highest BCUT2D eigenvalue weighted by atomic mass is 14.0. The number of rotatable bonds is 8. The van der Waals surface area contributed by atoms with Crippen molar-refractivity contribution in [2.24, 2.45) is 11.8 Å². The molecule has 0 heteroatoms. The van der Waals surface area contributed by atoms with Crippen LogP contribution in [0.15, 0.2) is 12.2 Å². The average molecular weight is 196 g/mol. The van der Waals surface area contributed by atoms with Gasteiger partial charge in [-0.2, -0.15) is 0 Å². The smallest absolute Gasteiger partial charge is 0.0265 e. The fraction of sp³-hybridized carbons (Fsp3) is 0.857. The molecule has 0 saturated heterocycles. The van der Waals surface area contributed by atoms with E-state index in [1.54, 1.807) is 0 Å². The van der Waals surface area contributed by atoms with Gasteiger partial charge in [-0.3, -0.25) is 0 Å². The van der Waals surface area contributed by atoms with Crippen molar-refractivity contribution in [3.8, 4) is 0 Å². The SMILES string of the molecule is CCCCC(C)CCC=CC(C)CC. The van der Waals surface area contributed by atoms with Crippen LogP contribution in [-0.2, 0) is 0 Å². The molecular formula is C14H28. The molecule has 0 aromatic rings. The van der Waals surface area contributed by atoms with E-state index in [1.165, 1.54) is 38.5 Å². The van der Waals surface area contributed by atoms with Gasteiger partial charge in [-0.15, -0.1) is 0 Å². The van der Waals surface area contributed by atoms with Crippen LogP contribution in [-0.4, -0.2) is 0 Å². The van der Waals surface area contributed by atoms with Gasteiger partial charge in [0.25, 0.3) is 0 Å². The summed E-state index contributed by atoms with van der Waals surface area (Å²) in [5.74, 6) is 1.68. The molecule has 0 aliphatic heterocycles. The molecule has 0 radical (unpaired) electrons. The molecule has 0 rings (SSSR count). The first-order chi connectivity index (χ1) is 6.70. The van der Waals surface area contributed by atoms with Crippen molar-refractivity contribution in [3.63, 3.8) is 0 Å². The third kappa shape index (κ3) is 8.34. The Hall–Kier alpha value is -0.260. The second-order valence-electron chi connectivity index (χ2n) is 4.64. The molecular weight excluding hydrogens is 168 g/mol. The largest absolute Gasteiger partial charge is 0.0883 e. The molecule has 0 bridgehead atoms. The standard InChI is InChI=1S/C14H28/c1-5-7-10-14(4)12-9-8-11-13(3)6-2/h8,11,13-14H,5-7,9-10,12H2,1-4H3. The highest BCUT2D eigenvalue weighted by Crippen LogP contribution is 2.14. The van der Waals surface area contributed by atoms with Gasteiger partial charge in [0.05, 0.1) is 0 Å². The molecule has 0 N–H and O–H groups in total. The lowest BCUT2D eigenvalue weighted by atomic mass is 9.98. The first-order valence-electron chi connectivity index (χ1n) is 6.37. The summed E-state index contributed by atoms with van der Waals surface area (Å²) in [5, 5.41) is 0. The maximum atomic E-state index is 2.38. The molecule has 0 saturated carbocycles. The minimum atomic E-state index is 0.765. The van der Waals surface area contributed by atoms with Crippen LogP contribution in [0.4, 0.5) is 0 Å². The normalized spacial score (nSPS) is 16.0. The fourth-order valence-corrected chi connectivity index (χ4v) is 1.54. The summed E-state index contributed by atoms with van der Waals surface area (Å²) in [6, 6.07) is 0. The second-order valence-corrected chi connectivity index (χ2v) is 4.64. The van der Waals surface area contributed by atoms with E-state index in [1.807, 2.05) is 0 Å². The molecule has 2 atom stereocenters. The molecule has 14 heavy (non-hydrogen) atoms.